The van der Waals surface area contributed by atoms with Crippen LogP contribution in [0.5, 0.6) is 0 Å². The highest BCUT2D eigenvalue weighted by molar-refractivity contribution is 6.35. The largest absolute Gasteiger partial charge is 0.387 e. The SMILES string of the molecule is CNCC(O)c1cccc2[nH]cc(Cl)c12. The number of nitrogens with one attached hydrogen (secondary N) is 2. The van der Waals surface area contributed by atoms with Crippen molar-refractivity contribution < 1.29 is 5.11 Å². The summed E-state index contributed by atoms with van der Waals surface area (Å²) in [6.07, 6.45) is 1.20. The van der Waals surface area contributed by atoms with Gasteiger partial charge >= 0.3 is 0 Å². The van der Waals surface area contributed by atoms with Gasteiger partial charge in [0.25, 0.3) is 0 Å². The number of fused-ring (bicyclic) bond motifs is 1. The quantitative estimate of drug-likeness (QED) is 0.748. The fourth-order valence-corrected chi connectivity index (χ4v) is 2.02. The first kappa shape index (κ1) is 10.5. The molecule has 0 fully saturated rings. The minimum absolute atomic E-state index is 0.515. The molecule has 2 rings (SSSR count). The number of aliphatic hydroxyl groups excluding tert-OH is 1. The highest BCUT2D eigenvalue weighted by atomic mass is 35.5. The fourth-order valence-electron chi connectivity index (χ4n) is 1.75. The van der Waals surface area contributed by atoms with Crippen LogP contribution in [0.15, 0.2) is 24.4 Å². The summed E-state index contributed by atoms with van der Waals surface area (Å²) in [5, 5.41) is 14.4. The molecule has 1 aromatic carbocycles. The van der Waals surface area contributed by atoms with Crippen molar-refractivity contribution in [2.75, 3.05) is 13.6 Å². The maximum atomic E-state index is 9.93. The number of likely N-dealkylation sites (N-methyl/N-ethyl adjacent to an activating group) is 1. The average molecular weight is 225 g/mol. The van der Waals surface area contributed by atoms with Crippen molar-refractivity contribution in [3.63, 3.8) is 0 Å². The van der Waals surface area contributed by atoms with Crippen molar-refractivity contribution in [2.45, 2.75) is 6.10 Å². The number of halogens is 1. The molecule has 1 atom stereocenters. The van der Waals surface area contributed by atoms with E-state index in [1.54, 1.807) is 6.20 Å². The first-order valence-corrected chi connectivity index (χ1v) is 5.20. The van der Waals surface area contributed by atoms with Gasteiger partial charge in [-0.15, -0.1) is 0 Å². The van der Waals surface area contributed by atoms with Gasteiger partial charge in [0, 0.05) is 23.6 Å². The third kappa shape index (κ3) is 1.86. The fraction of sp³-hybridized carbons (Fsp3) is 0.273. The van der Waals surface area contributed by atoms with Gasteiger partial charge in [-0.25, -0.2) is 0 Å². The number of rotatable bonds is 3. The van der Waals surface area contributed by atoms with Crippen molar-refractivity contribution in [3.05, 3.63) is 35.0 Å². The monoisotopic (exact) mass is 224 g/mol. The molecule has 0 aliphatic heterocycles. The molecule has 1 heterocycles. The highest BCUT2D eigenvalue weighted by Crippen LogP contribution is 2.29. The molecule has 0 aliphatic carbocycles. The molecule has 4 heteroatoms. The van der Waals surface area contributed by atoms with E-state index in [2.05, 4.69) is 10.3 Å². The molecule has 15 heavy (non-hydrogen) atoms. The van der Waals surface area contributed by atoms with Gasteiger partial charge in [0.05, 0.1) is 11.1 Å². The molecule has 0 saturated heterocycles. The summed E-state index contributed by atoms with van der Waals surface area (Å²) in [6, 6.07) is 5.74. The summed E-state index contributed by atoms with van der Waals surface area (Å²) in [6.45, 7) is 0.515. The Kier molecular flexibility index (Phi) is 2.95. The van der Waals surface area contributed by atoms with E-state index in [-0.39, 0.29) is 0 Å². The smallest absolute Gasteiger partial charge is 0.0921 e. The van der Waals surface area contributed by atoms with Gasteiger partial charge in [-0.1, -0.05) is 23.7 Å². The minimum Gasteiger partial charge on any atom is -0.387 e. The van der Waals surface area contributed by atoms with E-state index in [0.717, 1.165) is 16.5 Å². The lowest BCUT2D eigenvalue weighted by molar-refractivity contribution is 0.179. The van der Waals surface area contributed by atoms with Crippen LogP contribution >= 0.6 is 11.6 Å². The Bertz CT molecular complexity index is 467. The van der Waals surface area contributed by atoms with Gasteiger partial charge in [0.1, 0.15) is 0 Å². The van der Waals surface area contributed by atoms with Crippen molar-refractivity contribution in [1.82, 2.24) is 10.3 Å². The Labute approximate surface area is 93.1 Å². The molecule has 0 spiro atoms. The van der Waals surface area contributed by atoms with Gasteiger partial charge in [-0.3, -0.25) is 0 Å². The predicted molar refractivity (Wildman–Crippen MR) is 62.2 cm³/mol. The average Bonchev–Trinajstić information content (AvgIpc) is 2.61. The number of aromatic amines is 1. The van der Waals surface area contributed by atoms with Crippen LogP contribution in [-0.2, 0) is 0 Å². The van der Waals surface area contributed by atoms with Gasteiger partial charge in [0.2, 0.25) is 0 Å². The lowest BCUT2D eigenvalue weighted by Crippen LogP contribution is -2.16. The number of hydrogen-bond donors (Lipinski definition) is 3. The van der Waals surface area contributed by atoms with Crippen molar-refractivity contribution >= 4 is 22.5 Å². The summed E-state index contributed by atoms with van der Waals surface area (Å²) < 4.78 is 0. The van der Waals surface area contributed by atoms with Gasteiger partial charge in [0.15, 0.2) is 0 Å². The van der Waals surface area contributed by atoms with E-state index in [4.69, 9.17) is 11.6 Å². The molecule has 0 bridgehead atoms. The second-order valence-electron chi connectivity index (χ2n) is 3.48. The molecule has 3 N–H and O–H groups in total. The normalized spacial score (nSPS) is 13.3. The molecule has 1 aromatic heterocycles. The third-order valence-electron chi connectivity index (χ3n) is 2.45. The third-order valence-corrected chi connectivity index (χ3v) is 2.74. The van der Waals surface area contributed by atoms with Crippen LogP contribution in [0.4, 0.5) is 0 Å². The van der Waals surface area contributed by atoms with Crippen LogP contribution in [0.3, 0.4) is 0 Å². The van der Waals surface area contributed by atoms with Gasteiger partial charge in [-0.05, 0) is 18.7 Å². The lowest BCUT2D eigenvalue weighted by Gasteiger charge is -2.11. The first-order chi connectivity index (χ1) is 7.24. The lowest BCUT2D eigenvalue weighted by atomic mass is 10.0. The van der Waals surface area contributed by atoms with Crippen LogP contribution < -0.4 is 5.32 Å². The van der Waals surface area contributed by atoms with Gasteiger partial charge in [-0.2, -0.15) is 0 Å². The van der Waals surface area contributed by atoms with Crippen molar-refractivity contribution in [3.8, 4) is 0 Å². The number of benzene rings is 1. The Morgan fingerprint density at radius 3 is 3.07 bits per heavy atom. The molecule has 0 radical (unpaired) electrons. The molecule has 1 unspecified atom stereocenters. The van der Waals surface area contributed by atoms with Gasteiger partial charge < -0.3 is 15.4 Å². The van der Waals surface area contributed by atoms with E-state index in [1.807, 2.05) is 25.2 Å². The summed E-state index contributed by atoms with van der Waals surface area (Å²) >= 11 is 6.06. The molecule has 0 amide bonds. The zero-order valence-corrected chi connectivity index (χ0v) is 9.17. The number of hydrogen-bond acceptors (Lipinski definition) is 2. The van der Waals surface area contributed by atoms with Crippen LogP contribution in [0, 0.1) is 0 Å². The maximum Gasteiger partial charge on any atom is 0.0921 e. The van der Waals surface area contributed by atoms with Crippen LogP contribution in [0.1, 0.15) is 11.7 Å². The van der Waals surface area contributed by atoms with Crippen LogP contribution in [0.2, 0.25) is 5.02 Å². The van der Waals surface area contributed by atoms with E-state index >= 15 is 0 Å². The molecule has 80 valence electrons. The summed E-state index contributed by atoms with van der Waals surface area (Å²) in [4.78, 5) is 3.06. The van der Waals surface area contributed by atoms with E-state index in [0.29, 0.717) is 11.6 Å². The highest BCUT2D eigenvalue weighted by Gasteiger charge is 2.13. The molecule has 0 aliphatic rings. The summed E-state index contributed by atoms with van der Waals surface area (Å²) in [5.41, 5.74) is 1.81. The topological polar surface area (TPSA) is 48.0 Å². The summed E-state index contributed by atoms with van der Waals surface area (Å²) in [5.74, 6) is 0. The van der Waals surface area contributed by atoms with Crippen molar-refractivity contribution in [1.29, 1.82) is 0 Å². The second-order valence-corrected chi connectivity index (χ2v) is 3.89. The maximum absolute atomic E-state index is 9.93. The molecule has 3 nitrogen and oxygen atoms in total. The van der Waals surface area contributed by atoms with Crippen LogP contribution in [0.25, 0.3) is 10.9 Å². The van der Waals surface area contributed by atoms with E-state index in [1.165, 1.54) is 0 Å². The molecular formula is C11H13ClN2O. The first-order valence-electron chi connectivity index (χ1n) is 4.82. The second kappa shape index (κ2) is 4.23. The number of aliphatic hydroxyl groups is 1. The molecule has 2 aromatic rings. The van der Waals surface area contributed by atoms with E-state index < -0.39 is 6.10 Å². The zero-order valence-electron chi connectivity index (χ0n) is 8.42. The Hall–Kier alpha value is -1.03. The Morgan fingerprint density at radius 2 is 2.33 bits per heavy atom. The number of H-pyrrole nitrogens is 1. The minimum atomic E-state index is -0.535. The van der Waals surface area contributed by atoms with Crippen LogP contribution in [-0.4, -0.2) is 23.7 Å². The Morgan fingerprint density at radius 1 is 1.53 bits per heavy atom. The standard InChI is InChI=1S/C11H13ClN2O/c1-13-6-10(15)7-3-2-4-9-11(7)8(12)5-14-9/h2-5,10,13-15H,6H2,1H3. The summed E-state index contributed by atoms with van der Waals surface area (Å²) in [7, 11) is 1.81. The zero-order chi connectivity index (χ0) is 10.8. The van der Waals surface area contributed by atoms with Crippen molar-refractivity contribution in [2.24, 2.45) is 0 Å². The predicted octanol–water partition coefficient (Wildman–Crippen LogP) is 2.07. The molecule has 0 saturated carbocycles. The number of aromatic nitrogens is 1. The van der Waals surface area contributed by atoms with E-state index in [9.17, 15) is 5.11 Å². The molecular weight excluding hydrogens is 212 g/mol. The Balaban J connectivity index is 2.54.